The van der Waals surface area contributed by atoms with E-state index < -0.39 is 12.3 Å². The fraction of sp³-hybridized carbons (Fsp3) is 0.0500. The molecule has 4 aromatic rings. The van der Waals surface area contributed by atoms with E-state index in [1.165, 1.54) is 41.8 Å². The number of nitrogens with zero attached hydrogens (tertiary/aromatic N) is 2. The Bertz CT molecular complexity index is 1200. The first-order chi connectivity index (χ1) is 14.4. The van der Waals surface area contributed by atoms with E-state index in [1.807, 2.05) is 18.2 Å². The Morgan fingerprint density at radius 3 is 2.63 bits per heavy atom. The molecule has 0 unspecified atom stereocenters. The van der Waals surface area contributed by atoms with Crippen LogP contribution in [0, 0.1) is 0 Å². The number of rotatable bonds is 5. The van der Waals surface area contributed by atoms with Crippen LogP contribution in [-0.4, -0.2) is 28.5 Å². The van der Waals surface area contributed by atoms with Crippen LogP contribution in [0.3, 0.4) is 0 Å². The number of ether oxygens (including phenoxy) is 1. The van der Waals surface area contributed by atoms with Crippen molar-refractivity contribution < 1.29 is 22.7 Å². The summed E-state index contributed by atoms with van der Waals surface area (Å²) in [5.41, 5.74) is 4.48. The minimum Gasteiger partial charge on any atom is -0.406 e. The molecule has 30 heavy (non-hydrogen) atoms. The predicted octanol–water partition coefficient (Wildman–Crippen LogP) is 4.95. The molecule has 2 N–H and O–H groups in total. The number of aromatic nitrogens is 2. The minimum atomic E-state index is -4.78. The molecule has 4 rings (SSSR count). The van der Waals surface area contributed by atoms with E-state index in [0.29, 0.717) is 21.7 Å². The van der Waals surface area contributed by atoms with Gasteiger partial charge in [0.1, 0.15) is 16.5 Å². The van der Waals surface area contributed by atoms with E-state index in [0.717, 1.165) is 5.39 Å². The maximum absolute atomic E-state index is 12.7. The van der Waals surface area contributed by atoms with Crippen molar-refractivity contribution in [1.29, 1.82) is 0 Å². The molecular weight excluding hydrogens is 417 g/mol. The third-order valence-corrected chi connectivity index (χ3v) is 4.81. The van der Waals surface area contributed by atoms with Crippen LogP contribution in [0.5, 0.6) is 5.75 Å². The molecule has 10 heteroatoms. The van der Waals surface area contributed by atoms with Gasteiger partial charge >= 0.3 is 6.36 Å². The van der Waals surface area contributed by atoms with Crippen LogP contribution in [0.2, 0.25) is 0 Å². The van der Waals surface area contributed by atoms with Crippen LogP contribution in [0.25, 0.3) is 22.0 Å². The van der Waals surface area contributed by atoms with Gasteiger partial charge in [0, 0.05) is 28.0 Å². The van der Waals surface area contributed by atoms with Crippen molar-refractivity contribution in [3.8, 4) is 16.9 Å². The summed E-state index contributed by atoms with van der Waals surface area (Å²) in [7, 11) is 0. The number of amides is 1. The second kappa shape index (κ2) is 7.99. The molecule has 0 saturated heterocycles. The molecule has 2 aromatic carbocycles. The van der Waals surface area contributed by atoms with Gasteiger partial charge < -0.3 is 9.72 Å². The lowest BCUT2D eigenvalue weighted by molar-refractivity contribution is -0.274. The fourth-order valence-electron chi connectivity index (χ4n) is 2.94. The van der Waals surface area contributed by atoms with Crippen LogP contribution < -0.4 is 10.2 Å². The number of thiazole rings is 1. The largest absolute Gasteiger partial charge is 0.573 e. The Balaban J connectivity index is 1.67. The number of H-pyrrole nitrogens is 1. The van der Waals surface area contributed by atoms with Crippen molar-refractivity contribution >= 4 is 34.4 Å². The number of benzene rings is 2. The number of halogens is 3. The molecular formula is C20H13F3N4O2S. The van der Waals surface area contributed by atoms with Gasteiger partial charge in [-0.25, -0.2) is 10.4 Å². The molecule has 2 aromatic heterocycles. The number of hydrazone groups is 1. The summed E-state index contributed by atoms with van der Waals surface area (Å²) in [5, 5.41) is 7.07. The summed E-state index contributed by atoms with van der Waals surface area (Å²) < 4.78 is 41.2. The zero-order valence-corrected chi connectivity index (χ0v) is 15.9. The van der Waals surface area contributed by atoms with Crippen molar-refractivity contribution in [3.05, 3.63) is 70.8 Å². The highest BCUT2D eigenvalue weighted by Crippen LogP contribution is 2.34. The van der Waals surface area contributed by atoms with Gasteiger partial charge in [-0.2, -0.15) is 5.10 Å². The molecule has 0 aliphatic carbocycles. The zero-order valence-electron chi connectivity index (χ0n) is 15.1. The summed E-state index contributed by atoms with van der Waals surface area (Å²) in [5.74, 6) is -0.838. The average molecular weight is 430 g/mol. The summed E-state index contributed by atoms with van der Waals surface area (Å²) in [6.45, 7) is 0. The molecule has 2 heterocycles. The Morgan fingerprint density at radius 1 is 1.17 bits per heavy atom. The SMILES string of the molecule is O=C(N/N=C/c1nccs1)c1[nH]c2ccccc2c1-c1ccc(OC(F)(F)F)cc1. The standard InChI is InChI=1S/C20H13F3N4O2S/c21-20(22,23)29-13-7-5-12(6-8-13)17-14-3-1-2-4-15(14)26-18(17)19(28)27-25-11-16-24-9-10-30-16/h1-11,26H,(H,27,28)/b25-11+. The number of carbonyl (C=O) groups excluding carboxylic acids is 1. The molecule has 0 aliphatic heterocycles. The third-order valence-electron chi connectivity index (χ3n) is 4.10. The molecule has 0 radical (unpaired) electrons. The second-order valence-electron chi connectivity index (χ2n) is 6.06. The van der Waals surface area contributed by atoms with Crippen molar-refractivity contribution in [2.45, 2.75) is 6.36 Å². The summed E-state index contributed by atoms with van der Waals surface area (Å²) in [6, 6.07) is 12.6. The first-order valence-electron chi connectivity index (χ1n) is 8.60. The van der Waals surface area contributed by atoms with Gasteiger partial charge in [0.15, 0.2) is 0 Å². The Kier molecular flexibility index (Phi) is 5.23. The Labute approximate surface area is 172 Å². The third kappa shape index (κ3) is 4.33. The number of alkyl halides is 3. The molecule has 6 nitrogen and oxygen atoms in total. The van der Waals surface area contributed by atoms with Gasteiger partial charge in [0.2, 0.25) is 0 Å². The molecule has 0 spiro atoms. The van der Waals surface area contributed by atoms with Crippen LogP contribution in [0.15, 0.2) is 65.2 Å². The average Bonchev–Trinajstić information content (AvgIpc) is 3.35. The van der Waals surface area contributed by atoms with Crippen molar-refractivity contribution in [3.63, 3.8) is 0 Å². The highest BCUT2D eigenvalue weighted by molar-refractivity contribution is 7.11. The van der Waals surface area contributed by atoms with Gasteiger partial charge in [-0.15, -0.1) is 24.5 Å². The topological polar surface area (TPSA) is 79.4 Å². The van der Waals surface area contributed by atoms with E-state index in [-0.39, 0.29) is 11.4 Å². The maximum atomic E-state index is 12.7. The number of carbonyl (C=O) groups is 1. The lowest BCUT2D eigenvalue weighted by atomic mass is 10.0. The minimum absolute atomic E-state index is 0.233. The van der Waals surface area contributed by atoms with E-state index in [9.17, 15) is 18.0 Å². The zero-order chi connectivity index (χ0) is 21.1. The molecule has 0 saturated carbocycles. The van der Waals surface area contributed by atoms with Crippen LogP contribution in [0.1, 0.15) is 15.5 Å². The van der Waals surface area contributed by atoms with Crippen LogP contribution in [-0.2, 0) is 0 Å². The van der Waals surface area contributed by atoms with Crippen LogP contribution >= 0.6 is 11.3 Å². The number of para-hydroxylation sites is 1. The van der Waals surface area contributed by atoms with Gasteiger partial charge in [-0.05, 0) is 23.8 Å². The van der Waals surface area contributed by atoms with Gasteiger partial charge in [-0.1, -0.05) is 30.3 Å². The molecule has 152 valence electrons. The highest BCUT2D eigenvalue weighted by atomic mass is 32.1. The highest BCUT2D eigenvalue weighted by Gasteiger charge is 2.31. The molecule has 0 fully saturated rings. The van der Waals surface area contributed by atoms with Gasteiger partial charge in [-0.3, -0.25) is 4.79 Å². The van der Waals surface area contributed by atoms with Crippen molar-refractivity contribution in [2.24, 2.45) is 5.10 Å². The van der Waals surface area contributed by atoms with Gasteiger partial charge in [0.05, 0.1) is 6.21 Å². The number of aromatic amines is 1. The first kappa shape index (κ1) is 19.6. The lowest BCUT2D eigenvalue weighted by Gasteiger charge is -2.10. The fourth-order valence-corrected chi connectivity index (χ4v) is 3.43. The molecule has 0 aliphatic rings. The monoisotopic (exact) mass is 430 g/mol. The first-order valence-corrected chi connectivity index (χ1v) is 9.48. The normalized spacial score (nSPS) is 11.8. The van der Waals surface area contributed by atoms with E-state index in [4.69, 9.17) is 0 Å². The second-order valence-corrected chi connectivity index (χ2v) is 6.99. The number of fused-ring (bicyclic) bond motifs is 1. The lowest BCUT2D eigenvalue weighted by Crippen LogP contribution is -2.19. The quantitative estimate of drug-likeness (QED) is 0.347. The predicted molar refractivity (Wildman–Crippen MR) is 108 cm³/mol. The smallest absolute Gasteiger partial charge is 0.406 e. The van der Waals surface area contributed by atoms with Crippen molar-refractivity contribution in [2.75, 3.05) is 0 Å². The number of hydrogen-bond donors (Lipinski definition) is 2. The van der Waals surface area contributed by atoms with Crippen molar-refractivity contribution in [1.82, 2.24) is 15.4 Å². The Hall–Kier alpha value is -3.66. The van der Waals surface area contributed by atoms with Crippen LogP contribution in [0.4, 0.5) is 13.2 Å². The number of nitrogens with one attached hydrogen (secondary N) is 2. The summed E-state index contributed by atoms with van der Waals surface area (Å²) in [6.07, 6.45) is -1.73. The maximum Gasteiger partial charge on any atom is 0.573 e. The van der Waals surface area contributed by atoms with E-state index in [1.54, 1.807) is 17.6 Å². The Morgan fingerprint density at radius 2 is 1.93 bits per heavy atom. The van der Waals surface area contributed by atoms with E-state index >= 15 is 0 Å². The molecule has 0 atom stereocenters. The molecule has 1 amide bonds. The summed E-state index contributed by atoms with van der Waals surface area (Å²) in [4.78, 5) is 19.8. The summed E-state index contributed by atoms with van der Waals surface area (Å²) >= 11 is 1.37. The number of hydrogen-bond acceptors (Lipinski definition) is 5. The van der Waals surface area contributed by atoms with E-state index in [2.05, 4.69) is 25.2 Å². The van der Waals surface area contributed by atoms with Gasteiger partial charge in [0.25, 0.3) is 5.91 Å². The molecule has 0 bridgehead atoms.